The number of carbonyl (C=O) groups is 1. The third kappa shape index (κ3) is 15.0. The fraction of sp³-hybridized carbons (Fsp3) is 0.324. The zero-order chi connectivity index (χ0) is 28.7. The smallest absolute Gasteiger partial charge is 0.235 e. The fourth-order valence-electron chi connectivity index (χ4n) is 3.54. The Kier molecular flexibility index (Phi) is 23.6. The van der Waals surface area contributed by atoms with Gasteiger partial charge in [0, 0.05) is 49.4 Å². The van der Waals surface area contributed by atoms with Crippen LogP contribution in [0, 0.1) is 35.6 Å². The summed E-state index contributed by atoms with van der Waals surface area (Å²) in [5.41, 5.74) is 5.92. The molecule has 0 fully saturated rings. The number of nitrogens with zero attached hydrogens (tertiary/aromatic N) is 2. The van der Waals surface area contributed by atoms with E-state index in [1.165, 1.54) is 12.5 Å². The first kappa shape index (κ1) is 42.5. The summed E-state index contributed by atoms with van der Waals surface area (Å²) < 4.78 is 24.7. The maximum atomic E-state index is 12.8. The van der Waals surface area contributed by atoms with Crippen molar-refractivity contribution in [3.05, 3.63) is 106 Å². The molecule has 1 atom stereocenters. The topological polar surface area (TPSA) is 53.4 Å². The molecule has 0 aliphatic heterocycles. The summed E-state index contributed by atoms with van der Waals surface area (Å²) in [5.74, 6) is 1.47. The van der Waals surface area contributed by atoms with Crippen molar-refractivity contribution < 1.29 is 37.2 Å². The van der Waals surface area contributed by atoms with Crippen LogP contribution < -0.4 is 4.74 Å². The molecule has 227 valence electrons. The van der Waals surface area contributed by atoms with Gasteiger partial charge >= 0.3 is 0 Å². The van der Waals surface area contributed by atoms with Gasteiger partial charge in [-0.15, -0.1) is 0 Å². The number of hydrogen-bond acceptors (Lipinski definition) is 4. The SMILES string of the molecule is C=C(C)c1ncc(-c2ccc(OC(C)F)cc2)n1/C=C\C.CC(=O)c1ccc(C)cc1C.[CH2-]COCCC.[CH3-].[CH3-].[V]. The molecule has 2 aromatic carbocycles. The first-order valence-electron chi connectivity index (χ1n) is 12.8. The van der Waals surface area contributed by atoms with Gasteiger partial charge in [-0.1, -0.05) is 49.9 Å². The Labute approximate surface area is 260 Å². The van der Waals surface area contributed by atoms with Crippen molar-refractivity contribution in [1.29, 1.82) is 0 Å². The molecule has 3 aromatic rings. The molecule has 3 rings (SSSR count). The number of hydrogen-bond donors (Lipinski definition) is 0. The van der Waals surface area contributed by atoms with Crippen LogP contribution in [0.5, 0.6) is 5.75 Å². The Bertz CT molecular complexity index is 1180. The number of rotatable bonds is 9. The molecule has 5 nitrogen and oxygen atoms in total. The molecule has 0 saturated carbocycles. The standard InChI is InChI=1S/C17H19FN2O.C10H12O.C5H11O.2CH3.V/c1-5-10-20-16(11-19-17(20)12(2)3)14-6-8-15(9-7-14)21-13(4)18;1-7-4-5-10(9(3)11)8(2)6-7;1-3-5-6-4-2;;;/h5-11,13H,2H2,1,3-4H3;4-6H,1-3H3;2-5H2,1H3;2*1H3;/q;;3*-1;/b10-5-;;;;;. The second-order valence-electron chi connectivity index (χ2n) is 8.77. The van der Waals surface area contributed by atoms with E-state index in [9.17, 15) is 9.18 Å². The zero-order valence-corrected chi connectivity index (χ0v) is 27.7. The molecule has 1 radical (unpaired) electrons. The second kappa shape index (κ2) is 22.7. The van der Waals surface area contributed by atoms with Crippen LogP contribution in [-0.4, -0.2) is 34.9 Å². The van der Waals surface area contributed by atoms with Crippen LogP contribution in [0.2, 0.25) is 0 Å². The Morgan fingerprint density at radius 1 is 1.15 bits per heavy atom. The predicted octanol–water partition coefficient (Wildman–Crippen LogP) is 9.42. The largest absolute Gasteiger partial charge is 0.461 e. The normalized spacial score (nSPS) is 10.4. The van der Waals surface area contributed by atoms with Gasteiger partial charge in [0.15, 0.2) is 5.78 Å². The minimum absolute atomic E-state index is 0. The van der Waals surface area contributed by atoms with E-state index in [-0.39, 0.29) is 39.2 Å². The predicted molar refractivity (Wildman–Crippen MR) is 170 cm³/mol. The van der Waals surface area contributed by atoms with E-state index in [2.05, 4.69) is 25.4 Å². The van der Waals surface area contributed by atoms with Gasteiger partial charge in [-0.05, 0) is 76.4 Å². The van der Waals surface area contributed by atoms with E-state index in [1.54, 1.807) is 25.3 Å². The number of Topliss-reactive ketones (excluding diaryl/α,β-unsaturated/α-hetero) is 1. The van der Waals surface area contributed by atoms with Crippen molar-refractivity contribution in [2.45, 2.75) is 61.2 Å². The number of alkyl halides is 1. The maximum absolute atomic E-state index is 12.8. The van der Waals surface area contributed by atoms with Gasteiger partial charge in [-0.3, -0.25) is 9.36 Å². The number of benzene rings is 2. The van der Waals surface area contributed by atoms with Gasteiger partial charge in [0.2, 0.25) is 6.36 Å². The van der Waals surface area contributed by atoms with Gasteiger partial charge in [0.1, 0.15) is 11.6 Å². The number of aryl methyl sites for hydroxylation is 2. The minimum atomic E-state index is -1.32. The van der Waals surface area contributed by atoms with Crippen LogP contribution in [0.25, 0.3) is 23.0 Å². The molecule has 0 spiro atoms. The summed E-state index contributed by atoms with van der Waals surface area (Å²) in [6.45, 7) is 21.8. The fourth-order valence-corrected chi connectivity index (χ4v) is 3.54. The number of carbonyl (C=O) groups excluding carboxylic acids is 1. The molecule has 0 amide bonds. The maximum Gasteiger partial charge on any atom is 0.235 e. The average molecular weight is 603 g/mol. The molecule has 0 bridgehead atoms. The summed E-state index contributed by atoms with van der Waals surface area (Å²) >= 11 is 0. The van der Waals surface area contributed by atoms with Gasteiger partial charge < -0.3 is 31.3 Å². The van der Waals surface area contributed by atoms with Gasteiger partial charge in [0.25, 0.3) is 0 Å². The first-order valence-corrected chi connectivity index (χ1v) is 12.8. The monoisotopic (exact) mass is 602 g/mol. The molecule has 0 aliphatic carbocycles. The van der Waals surface area contributed by atoms with E-state index in [1.807, 2.05) is 74.9 Å². The number of imidazole rings is 1. The molecule has 0 aliphatic rings. The summed E-state index contributed by atoms with van der Waals surface area (Å²) in [7, 11) is 0. The van der Waals surface area contributed by atoms with Crippen LogP contribution >= 0.6 is 0 Å². The number of allylic oxidation sites excluding steroid dienone is 2. The zero-order valence-electron chi connectivity index (χ0n) is 26.3. The molecule has 0 saturated heterocycles. The summed E-state index contributed by atoms with van der Waals surface area (Å²) in [6.07, 6.45) is 5.47. The summed E-state index contributed by atoms with van der Waals surface area (Å²) in [4.78, 5) is 15.4. The van der Waals surface area contributed by atoms with Crippen molar-refractivity contribution in [2.24, 2.45) is 0 Å². The molecule has 7 heteroatoms. The van der Waals surface area contributed by atoms with Crippen LogP contribution in [0.4, 0.5) is 4.39 Å². The van der Waals surface area contributed by atoms with Crippen molar-refractivity contribution >= 4 is 17.6 Å². The Morgan fingerprint density at radius 2 is 1.76 bits per heavy atom. The molecular weight excluding hydrogens is 554 g/mol. The molecule has 1 heterocycles. The van der Waals surface area contributed by atoms with E-state index < -0.39 is 6.36 Å². The quantitative estimate of drug-likeness (QED) is 0.139. The molecule has 1 aromatic heterocycles. The minimum Gasteiger partial charge on any atom is -0.461 e. The van der Waals surface area contributed by atoms with Crippen molar-refractivity contribution in [1.82, 2.24) is 9.55 Å². The Balaban J connectivity index is -0.000000612. The van der Waals surface area contributed by atoms with E-state index in [4.69, 9.17) is 9.47 Å². The van der Waals surface area contributed by atoms with Gasteiger partial charge in [0.05, 0.1) is 11.9 Å². The van der Waals surface area contributed by atoms with Crippen molar-refractivity contribution in [3.8, 4) is 17.0 Å². The third-order valence-electron chi connectivity index (χ3n) is 5.18. The van der Waals surface area contributed by atoms with Crippen LogP contribution in [0.15, 0.2) is 61.3 Å². The number of halogens is 1. The van der Waals surface area contributed by atoms with Crippen molar-refractivity contribution in [3.63, 3.8) is 0 Å². The first-order chi connectivity index (χ1) is 18.0. The summed E-state index contributed by atoms with van der Waals surface area (Å²) in [5, 5.41) is 0. The Morgan fingerprint density at radius 3 is 2.17 bits per heavy atom. The van der Waals surface area contributed by atoms with E-state index >= 15 is 0 Å². The van der Waals surface area contributed by atoms with Gasteiger partial charge in [-0.2, -0.15) is 0 Å². The van der Waals surface area contributed by atoms with Crippen molar-refractivity contribution in [2.75, 3.05) is 13.2 Å². The van der Waals surface area contributed by atoms with Crippen LogP contribution in [-0.2, 0) is 23.3 Å². The number of ether oxygens (including phenoxy) is 2. The number of ketones is 1. The summed E-state index contributed by atoms with van der Waals surface area (Å²) in [6, 6.07) is 13.1. The number of aromatic nitrogens is 2. The molecule has 0 N–H and O–H groups in total. The van der Waals surface area contributed by atoms with Crippen LogP contribution in [0.1, 0.15) is 68.3 Å². The average Bonchev–Trinajstić information content (AvgIpc) is 3.27. The van der Waals surface area contributed by atoms with E-state index in [0.29, 0.717) is 12.4 Å². The third-order valence-corrected chi connectivity index (χ3v) is 5.18. The molecule has 41 heavy (non-hydrogen) atoms. The van der Waals surface area contributed by atoms with Crippen LogP contribution in [0.3, 0.4) is 0 Å². The molecule has 1 unspecified atom stereocenters. The second-order valence-corrected chi connectivity index (χ2v) is 8.77. The van der Waals surface area contributed by atoms with E-state index in [0.717, 1.165) is 46.8 Å². The molecular formula is C34H48FN2O3V-3. The Hall–Kier alpha value is -2.93. The van der Waals surface area contributed by atoms with Gasteiger partial charge in [-0.25, -0.2) is 9.37 Å².